The third-order valence-corrected chi connectivity index (χ3v) is 1.19. The lowest BCUT2D eigenvalue weighted by molar-refractivity contribution is -0.138. The molecule has 72 valence electrons. The van der Waals surface area contributed by atoms with Crippen molar-refractivity contribution in [2.24, 2.45) is 5.73 Å². The Hall–Kier alpha value is -0.750. The first-order valence-electron chi connectivity index (χ1n) is 3.22. The van der Waals surface area contributed by atoms with Crippen LogP contribution in [0.3, 0.4) is 0 Å². The van der Waals surface area contributed by atoms with E-state index < -0.39 is 12.0 Å². The second kappa shape index (κ2) is 8.35. The molecule has 1 atom stereocenters. The minimum Gasteiger partial charge on any atom is -0.480 e. The van der Waals surface area contributed by atoms with Crippen LogP contribution in [0, 0.1) is 0 Å². The largest absolute Gasteiger partial charge is 0.480 e. The molecule has 0 aliphatic carbocycles. The summed E-state index contributed by atoms with van der Waals surface area (Å²) < 4.78 is 0. The van der Waals surface area contributed by atoms with E-state index in [0.29, 0.717) is 5.75 Å². The van der Waals surface area contributed by atoms with E-state index in [0.717, 1.165) is 0 Å². The molecule has 0 aromatic carbocycles. The van der Waals surface area contributed by atoms with Gasteiger partial charge in [-0.2, -0.15) is 12.6 Å². The lowest BCUT2D eigenvalue weighted by atomic mass is 10.3. The Morgan fingerprint density at radius 1 is 1.67 bits per heavy atom. The van der Waals surface area contributed by atoms with E-state index in [4.69, 9.17) is 5.11 Å². The average Bonchev–Trinajstić information content (AvgIpc) is 1.87. The second-order valence-electron chi connectivity index (χ2n) is 1.97. The van der Waals surface area contributed by atoms with E-state index in [2.05, 4.69) is 23.7 Å². The summed E-state index contributed by atoms with van der Waals surface area (Å²) in [4.78, 5) is 19.3. The molecule has 0 aliphatic heterocycles. The number of rotatable bonds is 3. The molecule has 0 fully saturated rings. The number of nitrogens with two attached hydrogens (primary N) is 1. The fourth-order valence-corrected chi connectivity index (χ4v) is 0.632. The highest BCUT2D eigenvalue weighted by atomic mass is 32.1. The second-order valence-corrected chi connectivity index (χ2v) is 2.34. The zero-order chi connectivity index (χ0) is 10.1. The van der Waals surface area contributed by atoms with Crippen LogP contribution >= 0.6 is 12.6 Å². The van der Waals surface area contributed by atoms with Gasteiger partial charge in [-0.15, -0.1) is 0 Å². The number of carboxylic acids is 1. The van der Waals surface area contributed by atoms with E-state index in [-0.39, 0.29) is 5.91 Å². The predicted octanol–water partition coefficient (Wildman–Crippen LogP) is -0.920. The van der Waals surface area contributed by atoms with E-state index in [1.54, 1.807) is 7.05 Å². The Morgan fingerprint density at radius 2 is 2.00 bits per heavy atom. The number of aliphatic carboxylic acids is 1. The number of hydrogen-bond donors (Lipinski definition) is 4. The third-order valence-electron chi connectivity index (χ3n) is 0.829. The first kappa shape index (κ1) is 13.8. The van der Waals surface area contributed by atoms with Crippen molar-refractivity contribution in [3.63, 3.8) is 0 Å². The molecule has 0 aromatic heterocycles. The van der Waals surface area contributed by atoms with Crippen LogP contribution in [0.4, 0.5) is 0 Å². The van der Waals surface area contributed by atoms with Crippen molar-refractivity contribution in [2.75, 3.05) is 12.8 Å². The molecule has 0 spiro atoms. The Labute approximate surface area is 76.7 Å². The van der Waals surface area contributed by atoms with Gasteiger partial charge in [0.1, 0.15) is 6.04 Å². The van der Waals surface area contributed by atoms with Crippen molar-refractivity contribution in [1.82, 2.24) is 5.32 Å². The van der Waals surface area contributed by atoms with E-state index >= 15 is 0 Å². The third kappa shape index (κ3) is 12.0. The topological polar surface area (TPSA) is 92.4 Å². The van der Waals surface area contributed by atoms with Crippen LogP contribution in [0.2, 0.25) is 0 Å². The smallest absolute Gasteiger partial charge is 0.321 e. The number of likely N-dealkylation sites (N-methyl/N-ethyl adjacent to an activating group) is 1. The van der Waals surface area contributed by atoms with Crippen molar-refractivity contribution >= 4 is 24.5 Å². The highest BCUT2D eigenvalue weighted by Crippen LogP contribution is 1.84. The van der Waals surface area contributed by atoms with Crippen LogP contribution in [0.25, 0.3) is 0 Å². The van der Waals surface area contributed by atoms with Crippen molar-refractivity contribution in [3.8, 4) is 0 Å². The van der Waals surface area contributed by atoms with E-state index in [1.165, 1.54) is 6.92 Å². The van der Waals surface area contributed by atoms with Gasteiger partial charge >= 0.3 is 5.97 Å². The maximum atomic E-state index is 10.1. The van der Waals surface area contributed by atoms with Crippen LogP contribution in [0.15, 0.2) is 0 Å². The molecule has 12 heavy (non-hydrogen) atoms. The van der Waals surface area contributed by atoms with Crippen molar-refractivity contribution < 1.29 is 14.7 Å². The zero-order valence-electron chi connectivity index (χ0n) is 7.07. The quantitative estimate of drug-likeness (QED) is 0.437. The molecule has 0 aromatic rings. The van der Waals surface area contributed by atoms with Gasteiger partial charge < -0.3 is 16.2 Å². The van der Waals surface area contributed by atoms with Gasteiger partial charge in [0.2, 0.25) is 5.91 Å². The maximum Gasteiger partial charge on any atom is 0.321 e. The normalized spacial score (nSPS) is 10.9. The number of amides is 1. The standard InChI is InChI=1S/C4H9NO2S.C2H5NO/c1-5-3(2-8)4(6)7;1-2(3)4/h3,5,8H,2H2,1H3,(H,6,7);1H3,(H2,3,4)/t3-;/m0./s1. The van der Waals surface area contributed by atoms with Crippen molar-refractivity contribution in [1.29, 1.82) is 0 Å². The highest BCUT2D eigenvalue weighted by molar-refractivity contribution is 7.80. The summed E-state index contributed by atoms with van der Waals surface area (Å²) in [6, 6.07) is -0.515. The minimum atomic E-state index is -0.859. The highest BCUT2D eigenvalue weighted by Gasteiger charge is 2.10. The first-order valence-corrected chi connectivity index (χ1v) is 3.85. The molecule has 5 nitrogen and oxygen atoms in total. The number of carboxylic acid groups (broad SMARTS) is 1. The lowest BCUT2D eigenvalue weighted by Crippen LogP contribution is -2.35. The van der Waals surface area contributed by atoms with Crippen LogP contribution < -0.4 is 11.1 Å². The van der Waals surface area contributed by atoms with Gasteiger partial charge in [0.15, 0.2) is 0 Å². The Bertz CT molecular complexity index is 144. The summed E-state index contributed by atoms with van der Waals surface area (Å²) in [6.07, 6.45) is 0. The van der Waals surface area contributed by atoms with Crippen LogP contribution in [-0.2, 0) is 9.59 Å². The molecule has 4 N–H and O–H groups in total. The zero-order valence-corrected chi connectivity index (χ0v) is 7.97. The Morgan fingerprint density at radius 3 is 2.00 bits per heavy atom. The molecule has 0 unspecified atom stereocenters. The van der Waals surface area contributed by atoms with Crippen LogP contribution in [0.5, 0.6) is 0 Å². The Kier molecular flexibility index (Phi) is 9.61. The van der Waals surface area contributed by atoms with Gasteiger partial charge in [-0.25, -0.2) is 0 Å². The summed E-state index contributed by atoms with van der Waals surface area (Å²) in [6.45, 7) is 1.31. The molecule has 0 bridgehead atoms. The number of carbonyl (C=O) groups excluding carboxylic acids is 1. The minimum absolute atomic E-state index is 0.325. The first-order chi connectivity index (χ1) is 5.45. The molecule has 0 radical (unpaired) electrons. The molecule has 0 aliphatic rings. The van der Waals surface area contributed by atoms with E-state index in [9.17, 15) is 9.59 Å². The lowest BCUT2D eigenvalue weighted by Gasteiger charge is -2.04. The van der Waals surface area contributed by atoms with Gasteiger partial charge in [-0.1, -0.05) is 0 Å². The van der Waals surface area contributed by atoms with Crippen molar-refractivity contribution in [2.45, 2.75) is 13.0 Å². The van der Waals surface area contributed by atoms with Gasteiger partial charge in [-0.3, -0.25) is 9.59 Å². The molecule has 1 amide bonds. The summed E-state index contributed by atoms with van der Waals surface area (Å²) in [7, 11) is 1.59. The fraction of sp³-hybridized carbons (Fsp3) is 0.667. The molecule has 0 rings (SSSR count). The van der Waals surface area contributed by atoms with Gasteiger partial charge in [0.25, 0.3) is 0 Å². The number of thiol groups is 1. The SMILES string of the molecule is CC(N)=O.CN[C@@H](CS)C(=O)O. The number of primary amides is 1. The summed E-state index contributed by atoms with van der Waals surface area (Å²) in [5, 5.41) is 10.8. The molecular weight excluding hydrogens is 180 g/mol. The average molecular weight is 194 g/mol. The summed E-state index contributed by atoms with van der Waals surface area (Å²) in [5.74, 6) is -0.867. The number of carbonyl (C=O) groups is 2. The molecular formula is C6H14N2O3S. The van der Waals surface area contributed by atoms with Crippen molar-refractivity contribution in [3.05, 3.63) is 0 Å². The summed E-state index contributed by atoms with van der Waals surface area (Å²) >= 11 is 3.79. The van der Waals surface area contributed by atoms with E-state index in [1.807, 2.05) is 0 Å². The monoisotopic (exact) mass is 194 g/mol. The Balaban J connectivity index is 0. The summed E-state index contributed by atoms with van der Waals surface area (Å²) in [5.41, 5.74) is 4.47. The van der Waals surface area contributed by atoms with Gasteiger partial charge in [-0.05, 0) is 7.05 Å². The maximum absolute atomic E-state index is 10.1. The fourth-order valence-electron chi connectivity index (χ4n) is 0.293. The number of nitrogens with one attached hydrogen (secondary N) is 1. The van der Waals surface area contributed by atoms with Crippen LogP contribution in [0.1, 0.15) is 6.92 Å². The molecule has 0 heterocycles. The predicted molar refractivity (Wildman–Crippen MR) is 49.2 cm³/mol. The molecule has 0 saturated carbocycles. The molecule has 6 heteroatoms. The number of hydrogen-bond acceptors (Lipinski definition) is 4. The van der Waals surface area contributed by atoms with Gasteiger partial charge in [0.05, 0.1) is 0 Å². The molecule has 0 saturated heterocycles. The van der Waals surface area contributed by atoms with Crippen LogP contribution in [-0.4, -0.2) is 35.8 Å². The van der Waals surface area contributed by atoms with Gasteiger partial charge in [0, 0.05) is 12.7 Å².